The lowest BCUT2D eigenvalue weighted by molar-refractivity contribution is -0.385. The van der Waals surface area contributed by atoms with E-state index in [0.29, 0.717) is 10.5 Å². The van der Waals surface area contributed by atoms with E-state index < -0.39 is 70.1 Å². The van der Waals surface area contributed by atoms with Gasteiger partial charge in [0.25, 0.3) is 23.2 Å². The first-order chi connectivity index (χ1) is 18.0. The number of rotatable bonds is 9. The molecule has 15 nitrogen and oxygen atoms in total. The van der Waals surface area contributed by atoms with Gasteiger partial charge in [0, 0.05) is 24.3 Å². The normalized spacial score (nSPS) is 20.0. The van der Waals surface area contributed by atoms with E-state index in [1.807, 2.05) is 0 Å². The second-order valence-corrected chi connectivity index (χ2v) is 8.62. The number of imide groups is 1. The molecule has 198 valence electrons. The van der Waals surface area contributed by atoms with Gasteiger partial charge in [-0.1, -0.05) is 0 Å². The van der Waals surface area contributed by atoms with E-state index in [9.17, 15) is 49.6 Å². The van der Waals surface area contributed by atoms with Gasteiger partial charge < -0.3 is 19.8 Å². The van der Waals surface area contributed by atoms with Crippen LogP contribution in [-0.2, 0) is 20.9 Å². The zero-order chi connectivity index (χ0) is 27.9. The molecule has 1 fully saturated rings. The SMILES string of the molecule is CC(O)C(C(=O)OCc1ccc([N+](=O)[O-])cc1)N1C(=O)C(N2C(=O)c3ccc([N+](=O)[O-])cc3C2=O)C1CO. The molecule has 4 unspecified atom stereocenters. The number of hydrogen-bond donors (Lipinski definition) is 2. The predicted octanol–water partition coefficient (Wildman–Crippen LogP) is 0.163. The van der Waals surface area contributed by atoms with Gasteiger partial charge in [0.2, 0.25) is 5.91 Å². The highest BCUT2D eigenvalue weighted by Gasteiger charge is 2.59. The lowest BCUT2D eigenvalue weighted by Crippen LogP contribution is -2.77. The number of carbonyl (C=O) groups excluding carboxylic acids is 4. The zero-order valence-corrected chi connectivity index (χ0v) is 19.6. The maximum atomic E-state index is 13.1. The van der Waals surface area contributed by atoms with E-state index in [0.717, 1.165) is 23.1 Å². The highest BCUT2D eigenvalue weighted by Crippen LogP contribution is 2.36. The molecule has 3 amide bonds. The summed E-state index contributed by atoms with van der Waals surface area (Å²) in [6.45, 7) is 0.0727. The Hall–Kier alpha value is -4.76. The minimum Gasteiger partial charge on any atom is -0.459 e. The molecule has 2 heterocycles. The summed E-state index contributed by atoms with van der Waals surface area (Å²) in [5, 5.41) is 42.1. The van der Waals surface area contributed by atoms with Crippen molar-refractivity contribution < 1.29 is 44.0 Å². The monoisotopic (exact) mass is 528 g/mol. The van der Waals surface area contributed by atoms with E-state index >= 15 is 0 Å². The highest BCUT2D eigenvalue weighted by molar-refractivity contribution is 6.23. The molecule has 2 aromatic rings. The molecule has 0 aliphatic carbocycles. The van der Waals surface area contributed by atoms with Crippen LogP contribution in [0.5, 0.6) is 0 Å². The molecular formula is C23H20N4O11. The molecule has 1 saturated heterocycles. The number of esters is 1. The number of nitro benzene ring substituents is 2. The summed E-state index contributed by atoms with van der Waals surface area (Å²) in [6.07, 6.45) is -1.48. The number of carbonyl (C=O) groups is 4. The van der Waals surface area contributed by atoms with Crippen LogP contribution >= 0.6 is 0 Å². The average molecular weight is 528 g/mol. The first-order valence-electron chi connectivity index (χ1n) is 11.1. The van der Waals surface area contributed by atoms with E-state index in [1.54, 1.807) is 0 Å². The Morgan fingerprint density at radius 1 is 1.00 bits per heavy atom. The molecule has 0 spiro atoms. The summed E-state index contributed by atoms with van der Waals surface area (Å²) < 4.78 is 5.18. The summed E-state index contributed by atoms with van der Waals surface area (Å²) in [7, 11) is 0. The van der Waals surface area contributed by atoms with Crippen LogP contribution in [0.2, 0.25) is 0 Å². The second-order valence-electron chi connectivity index (χ2n) is 8.62. The number of aliphatic hydroxyl groups excluding tert-OH is 2. The van der Waals surface area contributed by atoms with Crippen LogP contribution < -0.4 is 0 Å². The van der Waals surface area contributed by atoms with Crippen molar-refractivity contribution in [2.45, 2.75) is 37.8 Å². The summed E-state index contributed by atoms with van der Waals surface area (Å²) in [4.78, 5) is 73.7. The predicted molar refractivity (Wildman–Crippen MR) is 123 cm³/mol. The zero-order valence-electron chi connectivity index (χ0n) is 19.6. The molecule has 0 aromatic heterocycles. The number of β-lactam (4-membered cyclic amide) rings is 1. The van der Waals surface area contributed by atoms with E-state index in [2.05, 4.69) is 0 Å². The van der Waals surface area contributed by atoms with Gasteiger partial charge in [0.05, 0.1) is 39.7 Å². The Morgan fingerprint density at radius 3 is 2.13 bits per heavy atom. The van der Waals surface area contributed by atoms with E-state index in [1.165, 1.54) is 31.2 Å². The van der Waals surface area contributed by atoms with Gasteiger partial charge in [-0.25, -0.2) is 4.79 Å². The van der Waals surface area contributed by atoms with Crippen LogP contribution in [0.4, 0.5) is 11.4 Å². The number of ether oxygens (including phenoxy) is 1. The Morgan fingerprint density at radius 2 is 1.58 bits per heavy atom. The molecule has 2 aliphatic rings. The first kappa shape index (κ1) is 26.3. The summed E-state index contributed by atoms with van der Waals surface area (Å²) >= 11 is 0. The quantitative estimate of drug-likeness (QED) is 0.147. The lowest BCUT2D eigenvalue weighted by atomic mass is 9.90. The van der Waals surface area contributed by atoms with Crippen molar-refractivity contribution in [2.24, 2.45) is 0 Å². The number of nitro groups is 2. The average Bonchev–Trinajstić information content (AvgIpc) is 3.12. The fraction of sp³-hybridized carbons (Fsp3) is 0.304. The van der Waals surface area contributed by atoms with Crippen LogP contribution in [0.3, 0.4) is 0 Å². The smallest absolute Gasteiger partial charge is 0.331 e. The minimum atomic E-state index is -1.61. The standard InChI is InChI=1S/C23H20N4O11/c1-11(29)18(23(33)38-10-12-2-4-13(5-3-12)26(34)35)24-17(9-28)19(22(24)32)25-20(30)15-7-6-14(27(36)37)8-16(15)21(25)31/h2-8,11,17-19,28-29H,9-10H2,1H3. The second kappa shape index (κ2) is 9.95. The largest absolute Gasteiger partial charge is 0.459 e. The molecule has 0 bridgehead atoms. The van der Waals surface area contributed by atoms with Gasteiger partial charge in [-0.05, 0) is 30.7 Å². The molecular weight excluding hydrogens is 508 g/mol. The third kappa shape index (κ3) is 4.33. The van der Waals surface area contributed by atoms with Gasteiger partial charge in [0.1, 0.15) is 12.6 Å². The molecule has 2 N–H and O–H groups in total. The number of benzene rings is 2. The van der Waals surface area contributed by atoms with Gasteiger partial charge in [-0.2, -0.15) is 0 Å². The molecule has 4 atom stereocenters. The topological polar surface area (TPSA) is 211 Å². The number of nitrogens with zero attached hydrogens (tertiary/aromatic N) is 4. The third-order valence-corrected chi connectivity index (χ3v) is 6.33. The van der Waals surface area contributed by atoms with Crippen molar-refractivity contribution in [3.05, 3.63) is 79.4 Å². The summed E-state index contributed by atoms with van der Waals surface area (Å²) in [6, 6.07) is 3.78. The van der Waals surface area contributed by atoms with E-state index in [4.69, 9.17) is 4.74 Å². The van der Waals surface area contributed by atoms with Crippen molar-refractivity contribution in [3.8, 4) is 0 Å². The van der Waals surface area contributed by atoms with Crippen LogP contribution in [0.1, 0.15) is 33.2 Å². The maximum Gasteiger partial charge on any atom is 0.331 e. The third-order valence-electron chi connectivity index (χ3n) is 6.33. The number of likely N-dealkylation sites (tertiary alicyclic amines) is 1. The van der Waals surface area contributed by atoms with Crippen LogP contribution in [-0.4, -0.2) is 84.4 Å². The first-order valence-corrected chi connectivity index (χ1v) is 11.1. The number of amides is 3. The summed E-state index contributed by atoms with van der Waals surface area (Å²) in [5.41, 5.74) is -0.649. The van der Waals surface area contributed by atoms with E-state index in [-0.39, 0.29) is 23.4 Å². The van der Waals surface area contributed by atoms with Crippen LogP contribution in [0.25, 0.3) is 0 Å². The van der Waals surface area contributed by atoms with Gasteiger partial charge in [-0.3, -0.25) is 39.5 Å². The Balaban J connectivity index is 1.52. The fourth-order valence-electron chi connectivity index (χ4n) is 4.47. The molecule has 2 aromatic carbocycles. The Kier molecular flexibility index (Phi) is 6.89. The molecule has 38 heavy (non-hydrogen) atoms. The van der Waals surface area contributed by atoms with Gasteiger partial charge >= 0.3 is 5.97 Å². The van der Waals surface area contributed by atoms with Crippen LogP contribution in [0.15, 0.2) is 42.5 Å². The molecule has 2 aliphatic heterocycles. The molecule has 0 saturated carbocycles. The van der Waals surface area contributed by atoms with Crippen molar-refractivity contribution >= 4 is 35.1 Å². The van der Waals surface area contributed by atoms with Crippen molar-refractivity contribution in [1.29, 1.82) is 0 Å². The lowest BCUT2D eigenvalue weighted by Gasteiger charge is -2.51. The Bertz CT molecular complexity index is 1360. The van der Waals surface area contributed by atoms with Crippen molar-refractivity contribution in [3.63, 3.8) is 0 Å². The number of hydrogen-bond acceptors (Lipinski definition) is 11. The number of non-ortho nitro benzene ring substituents is 2. The molecule has 15 heteroatoms. The highest BCUT2D eigenvalue weighted by atomic mass is 16.6. The van der Waals surface area contributed by atoms with Gasteiger partial charge in [-0.15, -0.1) is 0 Å². The van der Waals surface area contributed by atoms with Crippen molar-refractivity contribution in [2.75, 3.05) is 6.61 Å². The van der Waals surface area contributed by atoms with Gasteiger partial charge in [0.15, 0.2) is 6.04 Å². The minimum absolute atomic E-state index is 0.155. The number of fused-ring (bicyclic) bond motifs is 1. The van der Waals surface area contributed by atoms with Crippen molar-refractivity contribution in [1.82, 2.24) is 9.80 Å². The Labute approximate surface area is 213 Å². The summed E-state index contributed by atoms with van der Waals surface area (Å²) in [5.74, 6) is -3.85. The maximum absolute atomic E-state index is 13.1. The number of aliphatic hydroxyl groups is 2. The van der Waals surface area contributed by atoms with Crippen LogP contribution in [0, 0.1) is 20.2 Å². The molecule has 4 rings (SSSR count). The fourth-order valence-corrected chi connectivity index (χ4v) is 4.47. The molecule has 0 radical (unpaired) electrons.